The van der Waals surface area contributed by atoms with Gasteiger partial charge in [-0.05, 0) is 44.2 Å². The molecule has 1 radical (unpaired) electrons. The van der Waals surface area contributed by atoms with Crippen molar-refractivity contribution >= 4 is 16.9 Å². The molecule has 0 saturated carbocycles. The van der Waals surface area contributed by atoms with Crippen molar-refractivity contribution in [2.24, 2.45) is 5.73 Å². The van der Waals surface area contributed by atoms with Crippen LogP contribution in [-0.4, -0.2) is 58.9 Å². The highest BCUT2D eigenvalue weighted by atomic mass is 16.5. The molecule has 2 unspecified atom stereocenters. The maximum atomic E-state index is 12.5. The SMILES string of the molecule is CC1CN(CCOc2ccc3[nH]c(-c4c[c]cn(C(N)=O)c4=O)cc3c2)CC(C)O1. The molecule has 1 aliphatic heterocycles. The number of benzene rings is 1. The molecule has 4 rings (SSSR count). The maximum Gasteiger partial charge on any atom is 0.325 e. The van der Waals surface area contributed by atoms with E-state index in [1.54, 1.807) is 0 Å². The first-order valence-corrected chi connectivity index (χ1v) is 9.97. The third-order valence-corrected chi connectivity index (χ3v) is 5.17. The number of carbonyl (C=O) groups is 1. The molecule has 0 aliphatic carbocycles. The number of nitrogens with two attached hydrogens (primary N) is 1. The Labute approximate surface area is 174 Å². The maximum absolute atomic E-state index is 12.5. The predicted octanol–water partition coefficient (Wildman–Crippen LogP) is 2.21. The number of nitrogens with one attached hydrogen (secondary N) is 1. The second-order valence-electron chi connectivity index (χ2n) is 7.66. The highest BCUT2D eigenvalue weighted by Crippen LogP contribution is 2.25. The Hall–Kier alpha value is -3.10. The Morgan fingerprint density at radius 1 is 1.30 bits per heavy atom. The van der Waals surface area contributed by atoms with Gasteiger partial charge in [-0.3, -0.25) is 9.69 Å². The van der Waals surface area contributed by atoms with Gasteiger partial charge in [0.1, 0.15) is 12.4 Å². The fourth-order valence-corrected chi connectivity index (χ4v) is 3.91. The van der Waals surface area contributed by atoms with E-state index in [-0.39, 0.29) is 12.2 Å². The summed E-state index contributed by atoms with van der Waals surface area (Å²) < 4.78 is 12.5. The molecule has 0 spiro atoms. The van der Waals surface area contributed by atoms with Crippen LogP contribution < -0.4 is 16.0 Å². The number of amides is 1. The Bertz CT molecular complexity index is 1110. The van der Waals surface area contributed by atoms with Crippen LogP contribution in [0, 0.1) is 6.07 Å². The van der Waals surface area contributed by atoms with Crippen molar-refractivity contribution < 1.29 is 14.3 Å². The van der Waals surface area contributed by atoms with Gasteiger partial charge < -0.3 is 20.2 Å². The van der Waals surface area contributed by atoms with Gasteiger partial charge in [-0.1, -0.05) is 0 Å². The molecular weight excluding hydrogens is 384 g/mol. The number of nitrogens with zero attached hydrogens (tertiary/aromatic N) is 2. The van der Waals surface area contributed by atoms with E-state index < -0.39 is 11.6 Å². The number of hydrogen-bond acceptors (Lipinski definition) is 5. The van der Waals surface area contributed by atoms with Crippen LogP contribution in [0.15, 0.2) is 41.3 Å². The van der Waals surface area contributed by atoms with Crippen molar-refractivity contribution in [2.45, 2.75) is 26.1 Å². The topological polar surface area (TPSA) is 103 Å². The monoisotopic (exact) mass is 409 g/mol. The van der Waals surface area contributed by atoms with Crippen molar-refractivity contribution in [3.8, 4) is 17.0 Å². The highest BCUT2D eigenvalue weighted by molar-refractivity contribution is 5.87. The number of primary amides is 1. The van der Waals surface area contributed by atoms with Crippen molar-refractivity contribution in [2.75, 3.05) is 26.2 Å². The second kappa shape index (κ2) is 8.33. The molecule has 1 fully saturated rings. The van der Waals surface area contributed by atoms with Crippen LogP contribution in [0.4, 0.5) is 4.79 Å². The second-order valence-corrected chi connectivity index (χ2v) is 7.66. The quantitative estimate of drug-likeness (QED) is 0.673. The van der Waals surface area contributed by atoms with E-state index in [0.717, 1.165) is 40.9 Å². The van der Waals surface area contributed by atoms with Crippen LogP contribution in [0.25, 0.3) is 22.2 Å². The highest BCUT2D eigenvalue weighted by Gasteiger charge is 2.21. The number of H-pyrrole nitrogens is 1. The van der Waals surface area contributed by atoms with E-state index >= 15 is 0 Å². The van der Waals surface area contributed by atoms with Gasteiger partial charge >= 0.3 is 6.03 Å². The fourth-order valence-electron chi connectivity index (χ4n) is 3.91. The number of morpholine rings is 1. The molecule has 3 N–H and O–H groups in total. The lowest BCUT2D eigenvalue weighted by molar-refractivity contribution is -0.0699. The van der Waals surface area contributed by atoms with Crippen molar-refractivity contribution in [3.05, 3.63) is 52.9 Å². The summed E-state index contributed by atoms with van der Waals surface area (Å²) in [6.07, 6.45) is 1.70. The summed E-state index contributed by atoms with van der Waals surface area (Å²) in [5.41, 5.74) is 6.53. The zero-order valence-electron chi connectivity index (χ0n) is 17.1. The molecule has 0 bridgehead atoms. The van der Waals surface area contributed by atoms with Crippen LogP contribution in [0.2, 0.25) is 0 Å². The van der Waals surface area contributed by atoms with Gasteiger partial charge in [-0.25, -0.2) is 9.36 Å². The Balaban J connectivity index is 1.47. The van der Waals surface area contributed by atoms with Gasteiger partial charge in [0.15, 0.2) is 0 Å². The number of rotatable bonds is 5. The van der Waals surface area contributed by atoms with Gasteiger partial charge in [-0.15, -0.1) is 0 Å². The molecular formula is C22H25N4O4. The Kier molecular flexibility index (Phi) is 5.61. The lowest BCUT2D eigenvalue weighted by Gasteiger charge is -2.35. The summed E-state index contributed by atoms with van der Waals surface area (Å²) in [6, 6.07) is 11.1. The molecule has 30 heavy (non-hydrogen) atoms. The summed E-state index contributed by atoms with van der Waals surface area (Å²) in [5, 5.41) is 0.907. The smallest absolute Gasteiger partial charge is 0.325 e. The average molecular weight is 409 g/mol. The minimum atomic E-state index is -0.839. The van der Waals surface area contributed by atoms with Crippen molar-refractivity contribution in [3.63, 3.8) is 0 Å². The zero-order valence-corrected chi connectivity index (χ0v) is 17.1. The fraction of sp³-hybridized carbons (Fsp3) is 0.364. The lowest BCUT2D eigenvalue weighted by atomic mass is 10.2. The van der Waals surface area contributed by atoms with Crippen LogP contribution in [-0.2, 0) is 4.74 Å². The molecule has 3 aromatic rings. The summed E-state index contributed by atoms with van der Waals surface area (Å²) in [5.74, 6) is 0.761. The number of carbonyl (C=O) groups excluding carboxylic acids is 1. The van der Waals surface area contributed by atoms with Gasteiger partial charge in [-0.2, -0.15) is 0 Å². The van der Waals surface area contributed by atoms with Crippen LogP contribution in [0.1, 0.15) is 13.8 Å². The number of ether oxygens (including phenoxy) is 2. The van der Waals surface area contributed by atoms with E-state index in [4.69, 9.17) is 15.2 Å². The molecule has 1 aromatic carbocycles. The van der Waals surface area contributed by atoms with E-state index in [9.17, 15) is 9.59 Å². The molecule has 157 valence electrons. The third kappa shape index (κ3) is 4.24. The first-order valence-electron chi connectivity index (χ1n) is 9.97. The molecule has 1 saturated heterocycles. The van der Waals surface area contributed by atoms with Crippen LogP contribution in [0.3, 0.4) is 0 Å². The van der Waals surface area contributed by atoms with Gasteiger partial charge in [0, 0.05) is 42.8 Å². The predicted molar refractivity (Wildman–Crippen MR) is 114 cm³/mol. The molecule has 8 heteroatoms. The van der Waals surface area contributed by atoms with E-state index in [2.05, 4.69) is 29.8 Å². The molecule has 2 atom stereocenters. The van der Waals surface area contributed by atoms with Crippen molar-refractivity contribution in [1.82, 2.24) is 14.5 Å². The number of pyridine rings is 1. The minimum Gasteiger partial charge on any atom is -0.492 e. The number of aromatic amines is 1. The minimum absolute atomic E-state index is 0.234. The van der Waals surface area contributed by atoms with E-state index in [1.807, 2.05) is 24.3 Å². The molecule has 8 nitrogen and oxygen atoms in total. The summed E-state index contributed by atoms with van der Waals surface area (Å²) in [4.78, 5) is 29.4. The molecule has 1 amide bonds. The normalized spacial score (nSPS) is 19.8. The van der Waals surface area contributed by atoms with Crippen LogP contribution in [0.5, 0.6) is 5.75 Å². The largest absolute Gasteiger partial charge is 0.492 e. The zero-order chi connectivity index (χ0) is 21.3. The average Bonchev–Trinajstić information content (AvgIpc) is 3.10. The lowest BCUT2D eigenvalue weighted by Crippen LogP contribution is -2.46. The summed E-state index contributed by atoms with van der Waals surface area (Å²) in [7, 11) is 0. The first-order chi connectivity index (χ1) is 14.4. The first kappa shape index (κ1) is 20.2. The number of hydrogen-bond donors (Lipinski definition) is 2. The van der Waals surface area contributed by atoms with Crippen molar-refractivity contribution in [1.29, 1.82) is 0 Å². The summed E-state index contributed by atoms with van der Waals surface area (Å²) in [6.45, 7) is 7.41. The van der Waals surface area contributed by atoms with Gasteiger partial charge in [0.05, 0.1) is 23.5 Å². The summed E-state index contributed by atoms with van der Waals surface area (Å²) >= 11 is 0. The molecule has 2 aromatic heterocycles. The van der Waals surface area contributed by atoms with E-state index in [1.165, 1.54) is 12.3 Å². The standard InChI is InChI=1S/C22H25N4O4/c1-14-12-25(13-15(2)30-14)8-9-29-17-5-6-19-16(10-17)11-20(24-19)18-4-3-7-26(21(18)27)22(23)28/h4-7,10-11,14-15,24H,8-9,12-13H2,1-2H3,(H2,23,28). The number of aromatic nitrogens is 2. The molecule has 3 heterocycles. The van der Waals surface area contributed by atoms with Gasteiger partial charge in [0.2, 0.25) is 0 Å². The van der Waals surface area contributed by atoms with E-state index in [0.29, 0.717) is 17.9 Å². The number of fused-ring (bicyclic) bond motifs is 1. The van der Waals surface area contributed by atoms with Gasteiger partial charge in [0.25, 0.3) is 5.56 Å². The Morgan fingerprint density at radius 3 is 2.80 bits per heavy atom. The Morgan fingerprint density at radius 2 is 2.07 bits per heavy atom. The molecule has 1 aliphatic rings. The third-order valence-electron chi connectivity index (χ3n) is 5.17. The van der Waals surface area contributed by atoms with Crippen LogP contribution >= 0.6 is 0 Å².